The maximum atomic E-state index is 12.8. The molecule has 29 heavy (non-hydrogen) atoms. The molecule has 2 N–H and O–H groups in total. The Balaban J connectivity index is 1.60. The molecule has 0 fully saturated rings. The number of unbranched alkanes of at least 4 members (excludes halogenated alkanes) is 3. The molecule has 0 bridgehead atoms. The highest BCUT2D eigenvalue weighted by atomic mass is 16.7. The molecule has 0 spiro atoms. The van der Waals surface area contributed by atoms with Crippen LogP contribution in [0.15, 0.2) is 48.7 Å². The fourth-order valence-corrected chi connectivity index (χ4v) is 4.03. The predicted octanol–water partition coefficient (Wildman–Crippen LogP) is 5.12. The third-order valence-electron chi connectivity index (χ3n) is 5.54. The van der Waals surface area contributed by atoms with Crippen LogP contribution in [0.2, 0.25) is 0 Å². The number of nitrogens with one attached hydrogen (secondary N) is 2. The fourth-order valence-electron chi connectivity index (χ4n) is 4.03. The number of aromatic amines is 1. The molecule has 1 aromatic heterocycles. The fraction of sp³-hybridized carbons (Fsp3) is 0.375. The first-order chi connectivity index (χ1) is 14.3. The first-order valence-corrected chi connectivity index (χ1v) is 10.5. The van der Waals surface area contributed by atoms with E-state index in [1.54, 1.807) is 0 Å². The Bertz CT molecular complexity index is 979. The largest absolute Gasteiger partial charge is 0.454 e. The van der Waals surface area contributed by atoms with Gasteiger partial charge in [-0.2, -0.15) is 0 Å². The molecular weight excluding hydrogens is 364 g/mol. The number of amides is 1. The Morgan fingerprint density at radius 2 is 1.97 bits per heavy atom. The average Bonchev–Trinajstić information content (AvgIpc) is 3.39. The second kappa shape index (κ2) is 9.03. The summed E-state index contributed by atoms with van der Waals surface area (Å²) >= 11 is 0. The molecular formula is C24H28N2O3. The van der Waals surface area contributed by atoms with Gasteiger partial charge >= 0.3 is 0 Å². The smallest absolute Gasteiger partial charge is 0.231 e. The van der Waals surface area contributed by atoms with E-state index in [1.807, 2.05) is 36.5 Å². The summed E-state index contributed by atoms with van der Waals surface area (Å²) in [4.78, 5) is 16.1. The number of ether oxygens (including phenoxy) is 2. The van der Waals surface area contributed by atoms with E-state index in [4.69, 9.17) is 9.47 Å². The molecule has 1 amide bonds. The van der Waals surface area contributed by atoms with Gasteiger partial charge in [0.05, 0.1) is 0 Å². The van der Waals surface area contributed by atoms with Gasteiger partial charge in [-0.3, -0.25) is 4.79 Å². The Kier molecular flexibility index (Phi) is 6.03. The van der Waals surface area contributed by atoms with Crippen molar-refractivity contribution in [3.8, 4) is 11.5 Å². The normalized spacial score (nSPS) is 13.6. The van der Waals surface area contributed by atoms with E-state index in [1.165, 1.54) is 12.8 Å². The van der Waals surface area contributed by atoms with Crippen molar-refractivity contribution in [1.29, 1.82) is 0 Å². The summed E-state index contributed by atoms with van der Waals surface area (Å²) in [7, 11) is 0. The van der Waals surface area contributed by atoms with Gasteiger partial charge in [-0.25, -0.2) is 0 Å². The minimum absolute atomic E-state index is 0.0632. The van der Waals surface area contributed by atoms with Crippen LogP contribution in [0.5, 0.6) is 11.5 Å². The van der Waals surface area contributed by atoms with Gasteiger partial charge in [0.2, 0.25) is 12.7 Å². The molecule has 0 saturated carbocycles. The Morgan fingerprint density at radius 3 is 2.86 bits per heavy atom. The zero-order chi connectivity index (χ0) is 20.1. The summed E-state index contributed by atoms with van der Waals surface area (Å²) in [6.07, 6.45) is 6.96. The van der Waals surface area contributed by atoms with E-state index >= 15 is 0 Å². The number of benzene rings is 2. The lowest BCUT2D eigenvalue weighted by Crippen LogP contribution is -2.26. The Hall–Kier alpha value is -2.95. The van der Waals surface area contributed by atoms with Crippen molar-refractivity contribution in [3.63, 3.8) is 0 Å². The van der Waals surface area contributed by atoms with Gasteiger partial charge in [0.15, 0.2) is 11.5 Å². The highest BCUT2D eigenvalue weighted by Crippen LogP contribution is 2.44. The third kappa shape index (κ3) is 4.24. The zero-order valence-corrected chi connectivity index (χ0v) is 16.9. The number of hydrogen-bond donors (Lipinski definition) is 2. The van der Waals surface area contributed by atoms with Crippen molar-refractivity contribution >= 4 is 16.8 Å². The summed E-state index contributed by atoms with van der Waals surface area (Å²) in [5.41, 5.74) is 3.16. The standard InChI is InChI=1S/C24H28N2O3/c1-2-3-4-7-13-25-23(27)14-19(18-10-8-12-22-24(18)29-16-28-22)20-15-26-21-11-6-5-9-17(20)21/h5-6,8-12,15,19,26H,2-4,7,13-14,16H2,1H3,(H,25,27). The molecule has 0 radical (unpaired) electrons. The van der Waals surface area contributed by atoms with Crippen LogP contribution in [0.4, 0.5) is 0 Å². The Morgan fingerprint density at radius 1 is 1.07 bits per heavy atom. The van der Waals surface area contributed by atoms with Crippen molar-refractivity contribution < 1.29 is 14.3 Å². The molecule has 2 aromatic carbocycles. The number of aromatic nitrogens is 1. The van der Waals surface area contributed by atoms with Crippen molar-refractivity contribution in [2.75, 3.05) is 13.3 Å². The van der Waals surface area contributed by atoms with E-state index in [9.17, 15) is 4.79 Å². The molecule has 0 aliphatic carbocycles. The highest BCUT2D eigenvalue weighted by molar-refractivity contribution is 5.86. The van der Waals surface area contributed by atoms with Crippen molar-refractivity contribution in [2.24, 2.45) is 0 Å². The Labute approximate surface area is 171 Å². The van der Waals surface area contributed by atoms with Crippen LogP contribution in [0.3, 0.4) is 0 Å². The lowest BCUT2D eigenvalue weighted by Gasteiger charge is -2.19. The topological polar surface area (TPSA) is 63.4 Å². The van der Waals surface area contributed by atoms with Crippen LogP contribution in [-0.4, -0.2) is 24.2 Å². The molecule has 4 rings (SSSR count). The number of H-pyrrole nitrogens is 1. The van der Waals surface area contributed by atoms with E-state index in [0.717, 1.165) is 52.9 Å². The average molecular weight is 392 g/mol. The molecule has 5 nitrogen and oxygen atoms in total. The first kappa shape index (κ1) is 19.4. The van der Waals surface area contributed by atoms with Gasteiger partial charge in [0.25, 0.3) is 0 Å². The van der Waals surface area contributed by atoms with Crippen LogP contribution in [0.1, 0.15) is 56.1 Å². The van der Waals surface area contributed by atoms with Gasteiger partial charge in [0, 0.05) is 41.5 Å². The number of fused-ring (bicyclic) bond motifs is 2. The third-order valence-corrected chi connectivity index (χ3v) is 5.54. The zero-order valence-electron chi connectivity index (χ0n) is 16.9. The molecule has 1 aliphatic heterocycles. The second-order valence-electron chi connectivity index (χ2n) is 7.54. The van der Waals surface area contributed by atoms with Gasteiger partial charge in [0.1, 0.15) is 0 Å². The van der Waals surface area contributed by atoms with E-state index < -0.39 is 0 Å². The minimum Gasteiger partial charge on any atom is -0.454 e. The molecule has 1 aliphatic rings. The van der Waals surface area contributed by atoms with Gasteiger partial charge < -0.3 is 19.8 Å². The van der Waals surface area contributed by atoms with Crippen molar-refractivity contribution in [1.82, 2.24) is 10.3 Å². The predicted molar refractivity (Wildman–Crippen MR) is 114 cm³/mol. The van der Waals surface area contributed by atoms with Crippen molar-refractivity contribution in [3.05, 3.63) is 59.8 Å². The second-order valence-corrected chi connectivity index (χ2v) is 7.54. The van der Waals surface area contributed by atoms with Crippen molar-refractivity contribution in [2.45, 2.75) is 44.9 Å². The molecule has 0 saturated heterocycles. The highest BCUT2D eigenvalue weighted by Gasteiger charge is 2.28. The summed E-state index contributed by atoms with van der Waals surface area (Å²) in [6, 6.07) is 14.1. The van der Waals surface area contributed by atoms with Crippen LogP contribution in [0.25, 0.3) is 10.9 Å². The quantitative estimate of drug-likeness (QED) is 0.497. The maximum Gasteiger partial charge on any atom is 0.231 e. The molecule has 5 heteroatoms. The van der Waals surface area contributed by atoms with Gasteiger partial charge in [-0.05, 0) is 24.1 Å². The van der Waals surface area contributed by atoms with Crippen LogP contribution >= 0.6 is 0 Å². The van der Waals surface area contributed by atoms with E-state index in [2.05, 4.69) is 29.4 Å². The van der Waals surface area contributed by atoms with E-state index in [0.29, 0.717) is 6.42 Å². The van der Waals surface area contributed by atoms with Crippen LogP contribution < -0.4 is 14.8 Å². The monoisotopic (exact) mass is 392 g/mol. The van der Waals surface area contributed by atoms with Crippen LogP contribution in [-0.2, 0) is 4.79 Å². The molecule has 152 valence electrons. The first-order valence-electron chi connectivity index (χ1n) is 10.5. The summed E-state index contributed by atoms with van der Waals surface area (Å²) in [6.45, 7) is 3.14. The summed E-state index contributed by atoms with van der Waals surface area (Å²) in [5, 5.41) is 4.23. The number of rotatable bonds is 9. The molecule has 1 atom stereocenters. The van der Waals surface area contributed by atoms with Gasteiger partial charge in [-0.15, -0.1) is 0 Å². The maximum absolute atomic E-state index is 12.8. The lowest BCUT2D eigenvalue weighted by atomic mass is 9.87. The minimum atomic E-state index is -0.113. The van der Waals surface area contributed by atoms with Crippen LogP contribution in [0, 0.1) is 0 Å². The number of para-hydroxylation sites is 2. The molecule has 2 heterocycles. The number of hydrogen-bond acceptors (Lipinski definition) is 3. The number of carbonyl (C=O) groups excluding carboxylic acids is 1. The summed E-state index contributed by atoms with van der Waals surface area (Å²) < 4.78 is 11.3. The van der Waals surface area contributed by atoms with E-state index in [-0.39, 0.29) is 18.6 Å². The summed E-state index contributed by atoms with van der Waals surface area (Å²) in [5.74, 6) is 1.44. The lowest BCUT2D eigenvalue weighted by molar-refractivity contribution is -0.121. The van der Waals surface area contributed by atoms with Gasteiger partial charge in [-0.1, -0.05) is 56.5 Å². The molecule has 3 aromatic rings. The SMILES string of the molecule is CCCCCCNC(=O)CC(c1cccc2c1OCO2)c1c[nH]c2ccccc12. The number of carbonyl (C=O) groups is 1. The molecule has 1 unspecified atom stereocenters.